The van der Waals surface area contributed by atoms with Crippen molar-refractivity contribution in [3.63, 3.8) is 0 Å². The third-order valence-corrected chi connectivity index (χ3v) is 9.69. The van der Waals surface area contributed by atoms with Crippen LogP contribution in [0, 0.1) is 12.7 Å². The molecule has 0 bridgehead atoms. The highest BCUT2D eigenvalue weighted by Crippen LogP contribution is 2.28. The quantitative estimate of drug-likeness (QED) is 0.277. The molecule has 1 fully saturated rings. The Morgan fingerprint density at radius 1 is 1.00 bits per heavy atom. The van der Waals surface area contributed by atoms with Crippen molar-refractivity contribution in [1.29, 1.82) is 0 Å². The number of hydrogen-bond acceptors (Lipinski definition) is 4. The Kier molecular flexibility index (Phi) is 10.6. The van der Waals surface area contributed by atoms with Gasteiger partial charge in [-0.15, -0.1) is 0 Å². The van der Waals surface area contributed by atoms with Crippen LogP contribution in [-0.2, 0) is 26.2 Å². The van der Waals surface area contributed by atoms with Crippen LogP contribution in [0.2, 0.25) is 5.02 Å². The first kappa shape index (κ1) is 31.5. The smallest absolute Gasteiger partial charge is 0.264 e. The van der Waals surface area contributed by atoms with Gasteiger partial charge in [0.05, 0.1) is 15.6 Å². The van der Waals surface area contributed by atoms with Crippen LogP contribution in [0.5, 0.6) is 0 Å². The van der Waals surface area contributed by atoms with Gasteiger partial charge in [0.25, 0.3) is 10.0 Å². The number of carbonyl (C=O) groups is 2. The zero-order valence-electron chi connectivity index (χ0n) is 23.9. The number of sulfonamides is 1. The number of amides is 2. The van der Waals surface area contributed by atoms with E-state index in [-0.39, 0.29) is 34.1 Å². The minimum absolute atomic E-state index is 0.0357. The molecule has 0 radical (unpaired) electrons. The van der Waals surface area contributed by atoms with Crippen LogP contribution in [0.3, 0.4) is 0 Å². The molecule has 4 rings (SSSR count). The lowest BCUT2D eigenvalue weighted by atomic mass is 9.95. The van der Waals surface area contributed by atoms with E-state index in [0.717, 1.165) is 53.6 Å². The molecule has 1 aliphatic carbocycles. The van der Waals surface area contributed by atoms with Crippen molar-refractivity contribution >= 4 is 39.1 Å². The number of anilines is 1. The summed E-state index contributed by atoms with van der Waals surface area (Å²) in [5, 5.41) is 2.86. The van der Waals surface area contributed by atoms with Crippen LogP contribution in [-0.4, -0.2) is 43.8 Å². The van der Waals surface area contributed by atoms with Crippen LogP contribution in [0.15, 0.2) is 77.7 Å². The minimum Gasteiger partial charge on any atom is -0.352 e. The summed E-state index contributed by atoms with van der Waals surface area (Å²) in [4.78, 5) is 29.2. The van der Waals surface area contributed by atoms with E-state index < -0.39 is 34.3 Å². The van der Waals surface area contributed by atoms with Crippen LogP contribution < -0.4 is 9.62 Å². The van der Waals surface area contributed by atoms with Gasteiger partial charge in [0.15, 0.2) is 0 Å². The van der Waals surface area contributed by atoms with Gasteiger partial charge in [-0.1, -0.05) is 85.8 Å². The predicted octanol–water partition coefficient (Wildman–Crippen LogP) is 6.24. The Balaban J connectivity index is 1.71. The van der Waals surface area contributed by atoms with Gasteiger partial charge in [0, 0.05) is 12.6 Å². The lowest BCUT2D eigenvalue weighted by molar-refractivity contribution is -0.140. The Bertz CT molecular complexity index is 1480. The first-order chi connectivity index (χ1) is 20.1. The van der Waals surface area contributed by atoms with E-state index in [1.165, 1.54) is 29.2 Å². The molecule has 224 valence electrons. The van der Waals surface area contributed by atoms with Gasteiger partial charge in [0.1, 0.15) is 18.4 Å². The van der Waals surface area contributed by atoms with E-state index in [1.54, 1.807) is 18.2 Å². The molecule has 1 atom stereocenters. The van der Waals surface area contributed by atoms with Gasteiger partial charge >= 0.3 is 0 Å². The molecule has 0 saturated heterocycles. The average molecular weight is 614 g/mol. The fraction of sp³-hybridized carbons (Fsp3) is 0.375. The number of nitrogens with zero attached hydrogens (tertiary/aromatic N) is 2. The standard InChI is InChI=1S/C32H37ClFN3O4S/c1-3-30(32(39)35-25-10-6-4-7-11-25)36(21-24-16-14-23(2)15-17-24)31(38)22-37(26-18-19-29(34)28(33)20-26)42(40,41)27-12-8-5-9-13-27/h5,8-9,12-20,25,30H,3-4,6-7,10-11,21-22H2,1-2H3,(H,35,39)/t30-/m1/s1. The van der Waals surface area contributed by atoms with Gasteiger partial charge in [0.2, 0.25) is 11.8 Å². The predicted molar refractivity (Wildman–Crippen MR) is 163 cm³/mol. The van der Waals surface area contributed by atoms with E-state index in [1.807, 2.05) is 38.1 Å². The Morgan fingerprint density at radius 3 is 2.29 bits per heavy atom. The van der Waals surface area contributed by atoms with Gasteiger partial charge in [-0.25, -0.2) is 12.8 Å². The molecule has 0 spiro atoms. The minimum atomic E-state index is -4.26. The fourth-order valence-electron chi connectivity index (χ4n) is 5.24. The van der Waals surface area contributed by atoms with Crippen molar-refractivity contribution in [2.45, 2.75) is 75.9 Å². The van der Waals surface area contributed by atoms with Gasteiger partial charge in [-0.2, -0.15) is 0 Å². The Hall–Kier alpha value is -3.43. The van der Waals surface area contributed by atoms with E-state index in [4.69, 9.17) is 11.6 Å². The fourth-order valence-corrected chi connectivity index (χ4v) is 6.84. The van der Waals surface area contributed by atoms with Crippen molar-refractivity contribution in [2.24, 2.45) is 0 Å². The second-order valence-corrected chi connectivity index (χ2v) is 13.0. The molecule has 1 N–H and O–H groups in total. The number of benzene rings is 3. The maximum Gasteiger partial charge on any atom is 0.264 e. The molecule has 0 aliphatic heterocycles. The lowest BCUT2D eigenvalue weighted by Crippen LogP contribution is -2.54. The summed E-state index contributed by atoms with van der Waals surface area (Å²) in [7, 11) is -4.26. The largest absolute Gasteiger partial charge is 0.352 e. The highest BCUT2D eigenvalue weighted by molar-refractivity contribution is 7.92. The van der Waals surface area contributed by atoms with E-state index >= 15 is 0 Å². The van der Waals surface area contributed by atoms with E-state index in [2.05, 4.69) is 5.32 Å². The molecule has 7 nitrogen and oxygen atoms in total. The molecule has 1 aliphatic rings. The second kappa shape index (κ2) is 14.2. The topological polar surface area (TPSA) is 86.8 Å². The number of halogens is 2. The molecule has 0 aromatic heterocycles. The maximum atomic E-state index is 14.2. The first-order valence-electron chi connectivity index (χ1n) is 14.3. The van der Waals surface area contributed by atoms with Crippen molar-refractivity contribution in [1.82, 2.24) is 10.2 Å². The van der Waals surface area contributed by atoms with Crippen molar-refractivity contribution in [3.05, 3.63) is 94.8 Å². The number of rotatable bonds is 11. The third-order valence-electron chi connectivity index (χ3n) is 7.61. The van der Waals surface area contributed by atoms with Gasteiger partial charge < -0.3 is 10.2 Å². The molecule has 0 heterocycles. The van der Waals surface area contributed by atoms with E-state index in [9.17, 15) is 22.4 Å². The SMILES string of the molecule is CC[C@H](C(=O)NC1CCCCC1)N(Cc1ccc(C)cc1)C(=O)CN(c1ccc(F)c(Cl)c1)S(=O)(=O)c1ccccc1. The number of aryl methyl sites for hydroxylation is 1. The lowest BCUT2D eigenvalue weighted by Gasteiger charge is -2.34. The molecule has 10 heteroatoms. The summed E-state index contributed by atoms with van der Waals surface area (Å²) in [5.74, 6) is -1.54. The summed E-state index contributed by atoms with van der Waals surface area (Å²) in [6, 6.07) is 18.1. The highest BCUT2D eigenvalue weighted by atomic mass is 35.5. The normalized spacial score (nSPS) is 14.7. The summed E-state index contributed by atoms with van der Waals surface area (Å²) in [6.07, 6.45) is 5.34. The monoisotopic (exact) mass is 613 g/mol. The molecule has 2 amide bonds. The number of nitrogens with one attached hydrogen (secondary N) is 1. The van der Waals surface area contributed by atoms with Gasteiger partial charge in [-0.05, 0) is 62.1 Å². The average Bonchev–Trinajstić information content (AvgIpc) is 2.99. The third kappa shape index (κ3) is 7.69. The van der Waals surface area contributed by atoms with Crippen molar-refractivity contribution in [2.75, 3.05) is 10.8 Å². The van der Waals surface area contributed by atoms with E-state index in [0.29, 0.717) is 6.42 Å². The molecule has 3 aromatic carbocycles. The molecule has 0 unspecified atom stereocenters. The van der Waals surface area contributed by atoms with Crippen LogP contribution >= 0.6 is 11.6 Å². The number of hydrogen-bond donors (Lipinski definition) is 1. The molecular weight excluding hydrogens is 577 g/mol. The first-order valence-corrected chi connectivity index (χ1v) is 16.1. The Morgan fingerprint density at radius 2 is 1.67 bits per heavy atom. The number of carbonyl (C=O) groups excluding carboxylic acids is 2. The summed E-state index contributed by atoms with van der Waals surface area (Å²) in [5.41, 5.74) is 1.89. The van der Waals surface area contributed by atoms with Crippen molar-refractivity contribution in [3.8, 4) is 0 Å². The zero-order chi connectivity index (χ0) is 30.3. The van der Waals surface area contributed by atoms with Crippen LogP contribution in [0.1, 0.15) is 56.6 Å². The molecule has 42 heavy (non-hydrogen) atoms. The van der Waals surface area contributed by atoms with Gasteiger partial charge in [-0.3, -0.25) is 13.9 Å². The second-order valence-electron chi connectivity index (χ2n) is 10.7. The Labute approximate surface area is 252 Å². The summed E-state index contributed by atoms with van der Waals surface area (Å²) in [6.45, 7) is 3.29. The van der Waals surface area contributed by atoms with Crippen molar-refractivity contribution < 1.29 is 22.4 Å². The van der Waals surface area contributed by atoms with Crippen LogP contribution in [0.25, 0.3) is 0 Å². The van der Waals surface area contributed by atoms with Crippen LogP contribution in [0.4, 0.5) is 10.1 Å². The highest BCUT2D eigenvalue weighted by Gasteiger charge is 2.34. The summed E-state index contributed by atoms with van der Waals surface area (Å²) >= 11 is 6.04. The summed E-state index contributed by atoms with van der Waals surface area (Å²) < 4.78 is 42.7. The maximum absolute atomic E-state index is 14.2. The molecule has 1 saturated carbocycles. The molecule has 3 aromatic rings. The molecular formula is C32H37ClFN3O4S. The zero-order valence-corrected chi connectivity index (χ0v) is 25.5.